The number of hydrogen-bond acceptors (Lipinski definition) is 4. The van der Waals surface area contributed by atoms with Crippen molar-refractivity contribution in [1.82, 2.24) is 15.2 Å². The summed E-state index contributed by atoms with van der Waals surface area (Å²) in [5, 5.41) is 2.82. The first-order valence-corrected chi connectivity index (χ1v) is 10.8. The second kappa shape index (κ2) is 9.91. The number of alkyl halides is 3. The number of benzene rings is 1. The number of nitrogens with zero attached hydrogens (tertiary/aromatic N) is 2. The molecule has 0 spiro atoms. The summed E-state index contributed by atoms with van der Waals surface area (Å²) in [6.45, 7) is 0.275. The third-order valence-electron chi connectivity index (χ3n) is 6.43. The number of pyridine rings is 1. The number of nitrogens with one attached hydrogen (secondary N) is 1. The van der Waals surface area contributed by atoms with Gasteiger partial charge in [-0.25, -0.2) is 0 Å². The Morgan fingerprint density at radius 3 is 2.30 bits per heavy atom. The second-order valence-electron chi connectivity index (χ2n) is 8.85. The predicted molar refractivity (Wildman–Crippen MR) is 118 cm³/mol. The molecule has 2 aromatic rings. The summed E-state index contributed by atoms with van der Waals surface area (Å²) in [7, 11) is 3.74. The van der Waals surface area contributed by atoms with Gasteiger partial charge in [0.05, 0.1) is 5.41 Å². The van der Waals surface area contributed by atoms with E-state index in [9.17, 15) is 22.8 Å². The van der Waals surface area contributed by atoms with Gasteiger partial charge in [-0.1, -0.05) is 18.2 Å². The van der Waals surface area contributed by atoms with Crippen molar-refractivity contribution in [2.24, 2.45) is 11.1 Å². The lowest BCUT2D eigenvalue weighted by atomic mass is 9.82. The van der Waals surface area contributed by atoms with Gasteiger partial charge < -0.3 is 16.0 Å². The first kappa shape index (κ1) is 24.7. The van der Waals surface area contributed by atoms with Gasteiger partial charge in [0.25, 0.3) is 0 Å². The van der Waals surface area contributed by atoms with Crippen LogP contribution in [0.1, 0.15) is 46.8 Å². The number of hydrogen-bond donors (Lipinski definition) is 2. The molecule has 0 bridgehead atoms. The van der Waals surface area contributed by atoms with Crippen molar-refractivity contribution in [3.05, 3.63) is 65.5 Å². The van der Waals surface area contributed by atoms with Crippen LogP contribution in [-0.2, 0) is 11.2 Å². The third kappa shape index (κ3) is 5.90. The molecule has 0 aliphatic heterocycles. The minimum absolute atomic E-state index is 0.00659. The van der Waals surface area contributed by atoms with Crippen molar-refractivity contribution in [3.63, 3.8) is 0 Å². The van der Waals surface area contributed by atoms with Crippen LogP contribution in [-0.4, -0.2) is 54.6 Å². The van der Waals surface area contributed by atoms with Crippen LogP contribution in [0.25, 0.3) is 0 Å². The average Bonchev–Trinajstić information content (AvgIpc) is 3.57. The Morgan fingerprint density at radius 1 is 1.15 bits per heavy atom. The fourth-order valence-corrected chi connectivity index (χ4v) is 4.13. The Morgan fingerprint density at radius 2 is 1.82 bits per heavy atom. The molecule has 9 heteroatoms. The van der Waals surface area contributed by atoms with Crippen LogP contribution in [0.15, 0.2) is 48.7 Å². The van der Waals surface area contributed by atoms with Crippen LogP contribution in [0.2, 0.25) is 0 Å². The van der Waals surface area contributed by atoms with Gasteiger partial charge in [0.2, 0.25) is 11.8 Å². The zero-order valence-electron chi connectivity index (χ0n) is 18.7. The van der Waals surface area contributed by atoms with E-state index in [-0.39, 0.29) is 31.8 Å². The molecule has 1 aliphatic rings. The predicted octanol–water partition coefficient (Wildman–Crippen LogP) is 3.29. The summed E-state index contributed by atoms with van der Waals surface area (Å²) in [6, 6.07) is 11.7. The molecule has 2 atom stereocenters. The van der Waals surface area contributed by atoms with Gasteiger partial charge in [0.15, 0.2) is 0 Å². The number of rotatable bonds is 10. The summed E-state index contributed by atoms with van der Waals surface area (Å²) < 4.78 is 41.5. The van der Waals surface area contributed by atoms with Gasteiger partial charge in [-0.3, -0.25) is 14.6 Å². The van der Waals surface area contributed by atoms with E-state index >= 15 is 0 Å². The van der Waals surface area contributed by atoms with Gasteiger partial charge in [-0.2, -0.15) is 13.2 Å². The number of halogens is 3. The molecule has 1 aromatic heterocycles. The number of carbonyl (C=O) groups excluding carboxylic acids is 2. The molecule has 3 N–H and O–H groups in total. The summed E-state index contributed by atoms with van der Waals surface area (Å²) >= 11 is 0. The van der Waals surface area contributed by atoms with Crippen LogP contribution >= 0.6 is 0 Å². The molecule has 3 rings (SSSR count). The van der Waals surface area contributed by atoms with Crippen LogP contribution in [0.3, 0.4) is 0 Å². The SMILES string of the molecule is CN(C)[C@H](CNC(=O)C[C@@H](c1ccccn1)C1(C(F)(F)F)CC1)Cc1ccc(C(N)=O)cc1. The molecular formula is C24H29F3N4O2. The van der Waals surface area contributed by atoms with E-state index in [1.165, 1.54) is 6.20 Å². The topological polar surface area (TPSA) is 88.3 Å². The van der Waals surface area contributed by atoms with Crippen molar-refractivity contribution >= 4 is 11.8 Å². The van der Waals surface area contributed by atoms with Crippen LogP contribution in [0, 0.1) is 5.41 Å². The Labute approximate surface area is 191 Å². The third-order valence-corrected chi connectivity index (χ3v) is 6.43. The molecule has 1 saturated carbocycles. The normalized spacial score (nSPS) is 16.8. The molecular weight excluding hydrogens is 433 g/mol. The Hall–Kier alpha value is -2.94. The fourth-order valence-electron chi connectivity index (χ4n) is 4.13. The Balaban J connectivity index is 1.66. The van der Waals surface area contributed by atoms with Gasteiger partial charge in [0, 0.05) is 42.4 Å². The minimum Gasteiger partial charge on any atom is -0.366 e. The number of likely N-dealkylation sites (N-methyl/N-ethyl adjacent to an activating group) is 1. The number of carbonyl (C=O) groups is 2. The van der Waals surface area contributed by atoms with Crippen molar-refractivity contribution in [2.75, 3.05) is 20.6 Å². The molecule has 1 fully saturated rings. The minimum atomic E-state index is -4.39. The van der Waals surface area contributed by atoms with E-state index in [0.29, 0.717) is 17.7 Å². The standard InChI is InChI=1S/C24H29F3N4O2/c1-31(2)18(13-16-6-8-17(9-7-16)22(28)33)15-30-21(32)14-19(20-5-3-4-12-29-20)23(10-11-23)24(25,26)27/h3-9,12,18-19H,10-11,13-15H2,1-2H3,(H2,28,33)(H,30,32)/t18-,19-/m0/s1. The van der Waals surface area contributed by atoms with Gasteiger partial charge in [-0.15, -0.1) is 0 Å². The maximum Gasteiger partial charge on any atom is 0.395 e. The molecule has 1 heterocycles. The number of aromatic nitrogens is 1. The highest BCUT2D eigenvalue weighted by molar-refractivity contribution is 5.92. The maximum atomic E-state index is 13.8. The highest BCUT2D eigenvalue weighted by atomic mass is 19.4. The van der Waals surface area contributed by atoms with Gasteiger partial charge in [0.1, 0.15) is 0 Å². The van der Waals surface area contributed by atoms with Crippen LogP contribution < -0.4 is 11.1 Å². The van der Waals surface area contributed by atoms with E-state index in [1.54, 1.807) is 42.5 Å². The molecule has 6 nitrogen and oxygen atoms in total. The molecule has 0 saturated heterocycles. The molecule has 0 unspecified atom stereocenters. The lowest BCUT2D eigenvalue weighted by Crippen LogP contribution is -2.42. The largest absolute Gasteiger partial charge is 0.395 e. The lowest BCUT2D eigenvalue weighted by Gasteiger charge is -2.29. The first-order valence-electron chi connectivity index (χ1n) is 10.8. The van der Waals surface area contributed by atoms with Crippen molar-refractivity contribution < 1.29 is 22.8 Å². The zero-order chi connectivity index (χ0) is 24.2. The van der Waals surface area contributed by atoms with Gasteiger partial charge >= 0.3 is 6.18 Å². The van der Waals surface area contributed by atoms with E-state index in [1.807, 2.05) is 19.0 Å². The van der Waals surface area contributed by atoms with Crippen molar-refractivity contribution in [3.8, 4) is 0 Å². The molecule has 178 valence electrons. The summed E-state index contributed by atoms with van der Waals surface area (Å²) in [5.41, 5.74) is 5.04. The van der Waals surface area contributed by atoms with E-state index < -0.39 is 29.3 Å². The van der Waals surface area contributed by atoms with Gasteiger partial charge in [-0.05, 0) is 63.2 Å². The number of amides is 2. The Kier molecular flexibility index (Phi) is 7.41. The quantitative estimate of drug-likeness (QED) is 0.567. The molecule has 0 radical (unpaired) electrons. The average molecular weight is 463 g/mol. The van der Waals surface area contributed by atoms with E-state index in [0.717, 1.165) is 5.56 Å². The van der Waals surface area contributed by atoms with E-state index in [4.69, 9.17) is 5.73 Å². The molecule has 1 aliphatic carbocycles. The smallest absolute Gasteiger partial charge is 0.366 e. The molecule has 1 aromatic carbocycles. The Bertz CT molecular complexity index is 958. The number of nitrogens with two attached hydrogens (primary N) is 1. The maximum absolute atomic E-state index is 13.8. The lowest BCUT2D eigenvalue weighted by molar-refractivity contribution is -0.195. The van der Waals surface area contributed by atoms with Crippen LogP contribution in [0.4, 0.5) is 13.2 Å². The van der Waals surface area contributed by atoms with E-state index in [2.05, 4.69) is 10.3 Å². The highest BCUT2D eigenvalue weighted by Crippen LogP contribution is 2.65. The molecule has 2 amide bonds. The monoisotopic (exact) mass is 462 g/mol. The summed E-state index contributed by atoms with van der Waals surface area (Å²) in [6.07, 6.45) is -2.61. The fraction of sp³-hybridized carbons (Fsp3) is 0.458. The van der Waals surface area contributed by atoms with Crippen LogP contribution in [0.5, 0.6) is 0 Å². The van der Waals surface area contributed by atoms with Crippen molar-refractivity contribution in [1.29, 1.82) is 0 Å². The number of primary amides is 1. The highest BCUT2D eigenvalue weighted by Gasteiger charge is 2.67. The summed E-state index contributed by atoms with van der Waals surface area (Å²) in [5.74, 6) is -1.96. The summed E-state index contributed by atoms with van der Waals surface area (Å²) in [4.78, 5) is 30.1. The second-order valence-corrected chi connectivity index (χ2v) is 8.85. The van der Waals surface area contributed by atoms with Crippen molar-refractivity contribution in [2.45, 2.75) is 43.8 Å². The zero-order valence-corrected chi connectivity index (χ0v) is 18.7. The first-order chi connectivity index (χ1) is 15.5. The molecule has 33 heavy (non-hydrogen) atoms.